The van der Waals surface area contributed by atoms with Crippen molar-refractivity contribution in [3.63, 3.8) is 0 Å². The Kier molecular flexibility index (Phi) is 8.49. The maximum absolute atomic E-state index is 14.0. The van der Waals surface area contributed by atoms with Gasteiger partial charge in [-0.2, -0.15) is 0 Å². The Morgan fingerprint density at radius 2 is 1.76 bits per heavy atom. The molecule has 0 bridgehead atoms. The third kappa shape index (κ3) is 6.13. The highest BCUT2D eigenvalue weighted by Gasteiger charge is 2.49. The van der Waals surface area contributed by atoms with Crippen molar-refractivity contribution in [2.45, 2.75) is 30.2 Å². The number of hydrogen-bond acceptors (Lipinski definition) is 5. The molecule has 1 atom stereocenters. The van der Waals surface area contributed by atoms with Gasteiger partial charge in [-0.25, -0.2) is 17.5 Å². The quantitative estimate of drug-likeness (QED) is 0.378. The van der Waals surface area contributed by atoms with E-state index in [1.165, 1.54) is 37.4 Å². The lowest BCUT2D eigenvalue weighted by atomic mass is 9.72. The SMILES string of the molecule is COc1ccc(Cl)cc1C(=O)NC(C1(c2ccccc2)CCNCC1)S(=O)(=O)NCc1ccc(F)cc1. The molecule has 4 rings (SSSR count). The molecule has 1 unspecified atom stereocenters. The molecule has 37 heavy (non-hydrogen) atoms. The van der Waals surface area contributed by atoms with Crippen molar-refractivity contribution >= 4 is 27.5 Å². The fourth-order valence-corrected chi connectivity index (χ4v) is 6.72. The molecule has 0 radical (unpaired) electrons. The summed E-state index contributed by atoms with van der Waals surface area (Å²) in [6, 6.07) is 19.5. The summed E-state index contributed by atoms with van der Waals surface area (Å²) in [6.45, 7) is 1.10. The number of carbonyl (C=O) groups excluding carboxylic acids is 1. The lowest BCUT2D eigenvalue weighted by molar-refractivity contribution is 0.0922. The Balaban J connectivity index is 1.76. The zero-order valence-corrected chi connectivity index (χ0v) is 21.9. The third-order valence-electron chi connectivity index (χ3n) is 6.72. The Morgan fingerprint density at radius 1 is 1.08 bits per heavy atom. The third-order valence-corrected chi connectivity index (χ3v) is 8.69. The molecule has 7 nitrogen and oxygen atoms in total. The highest BCUT2D eigenvalue weighted by atomic mass is 35.5. The normalized spacial score (nSPS) is 16.1. The van der Waals surface area contributed by atoms with Crippen LogP contribution in [0.3, 0.4) is 0 Å². The van der Waals surface area contributed by atoms with Crippen molar-refractivity contribution in [3.8, 4) is 5.75 Å². The van der Waals surface area contributed by atoms with Crippen LogP contribution in [0.15, 0.2) is 72.8 Å². The minimum Gasteiger partial charge on any atom is -0.496 e. The van der Waals surface area contributed by atoms with Gasteiger partial charge in [0.2, 0.25) is 10.0 Å². The van der Waals surface area contributed by atoms with Gasteiger partial charge in [-0.3, -0.25) is 4.79 Å². The molecule has 10 heteroatoms. The number of sulfonamides is 1. The minimum absolute atomic E-state index is 0.0570. The first-order valence-corrected chi connectivity index (χ1v) is 13.8. The summed E-state index contributed by atoms with van der Waals surface area (Å²) in [5.41, 5.74) is 0.617. The van der Waals surface area contributed by atoms with Crippen LogP contribution in [0, 0.1) is 5.82 Å². The van der Waals surface area contributed by atoms with Gasteiger partial charge in [-0.15, -0.1) is 0 Å². The Morgan fingerprint density at radius 3 is 2.41 bits per heavy atom. The predicted molar refractivity (Wildman–Crippen MR) is 142 cm³/mol. The van der Waals surface area contributed by atoms with Gasteiger partial charge in [-0.05, 0) is 67.4 Å². The summed E-state index contributed by atoms with van der Waals surface area (Å²) in [4.78, 5) is 13.6. The molecule has 1 saturated heterocycles. The van der Waals surface area contributed by atoms with Crippen molar-refractivity contribution in [1.29, 1.82) is 0 Å². The van der Waals surface area contributed by atoms with E-state index in [9.17, 15) is 17.6 Å². The van der Waals surface area contributed by atoms with E-state index in [1.807, 2.05) is 30.3 Å². The number of carbonyl (C=O) groups is 1. The molecule has 0 spiro atoms. The summed E-state index contributed by atoms with van der Waals surface area (Å²) in [5, 5.41) is 5.10. The number of halogens is 2. The van der Waals surface area contributed by atoms with Crippen LogP contribution in [0.1, 0.15) is 34.3 Å². The second kappa shape index (κ2) is 11.6. The van der Waals surface area contributed by atoms with Gasteiger partial charge in [-0.1, -0.05) is 54.1 Å². The second-order valence-electron chi connectivity index (χ2n) is 8.96. The molecule has 3 N–H and O–H groups in total. The lowest BCUT2D eigenvalue weighted by Gasteiger charge is -2.44. The maximum Gasteiger partial charge on any atom is 0.256 e. The van der Waals surface area contributed by atoms with Crippen LogP contribution in [0.25, 0.3) is 0 Å². The number of methoxy groups -OCH3 is 1. The number of piperidine rings is 1. The van der Waals surface area contributed by atoms with Crippen molar-refractivity contribution in [2.75, 3.05) is 20.2 Å². The smallest absolute Gasteiger partial charge is 0.256 e. The van der Waals surface area contributed by atoms with E-state index >= 15 is 0 Å². The van der Waals surface area contributed by atoms with E-state index in [0.717, 1.165) is 5.56 Å². The van der Waals surface area contributed by atoms with Crippen LogP contribution in [0.5, 0.6) is 5.75 Å². The van der Waals surface area contributed by atoms with Crippen molar-refractivity contribution in [3.05, 3.63) is 100 Å². The number of benzene rings is 3. The first-order chi connectivity index (χ1) is 17.7. The molecule has 0 saturated carbocycles. The van der Waals surface area contributed by atoms with Crippen molar-refractivity contribution in [2.24, 2.45) is 0 Å². The van der Waals surface area contributed by atoms with E-state index in [4.69, 9.17) is 16.3 Å². The predicted octanol–water partition coefficient (Wildman–Crippen LogP) is 3.98. The fourth-order valence-electron chi connectivity index (χ4n) is 4.78. The minimum atomic E-state index is -4.15. The Bertz CT molecular complexity index is 1330. The van der Waals surface area contributed by atoms with E-state index < -0.39 is 32.5 Å². The van der Waals surface area contributed by atoms with E-state index in [1.54, 1.807) is 12.1 Å². The molecular formula is C27H29ClFN3O4S. The summed E-state index contributed by atoms with van der Waals surface area (Å²) >= 11 is 6.14. The molecule has 1 amide bonds. The van der Waals surface area contributed by atoms with Gasteiger partial charge in [0.25, 0.3) is 5.91 Å². The molecule has 3 aromatic rings. The standard InChI is InChI=1S/C27H29ClFN3O4S/c1-36-24-12-9-21(28)17-23(24)25(33)32-26(37(34,35)31-18-19-7-10-22(29)11-8-19)27(13-15-30-16-14-27)20-5-3-2-4-6-20/h2-12,17,26,30-31H,13-16,18H2,1H3,(H,32,33). The molecule has 1 fully saturated rings. The molecule has 1 aliphatic heterocycles. The van der Waals surface area contributed by atoms with E-state index in [0.29, 0.717) is 36.5 Å². The summed E-state index contributed by atoms with van der Waals surface area (Å²) in [7, 11) is -2.72. The molecular weight excluding hydrogens is 517 g/mol. The second-order valence-corrected chi connectivity index (χ2v) is 11.2. The molecule has 0 aliphatic carbocycles. The van der Waals surface area contributed by atoms with Crippen LogP contribution < -0.4 is 20.1 Å². The van der Waals surface area contributed by atoms with Crippen molar-refractivity contribution in [1.82, 2.24) is 15.4 Å². The lowest BCUT2D eigenvalue weighted by Crippen LogP contribution is -2.60. The van der Waals surface area contributed by atoms with Crippen LogP contribution >= 0.6 is 11.6 Å². The van der Waals surface area contributed by atoms with Gasteiger partial charge in [0, 0.05) is 17.0 Å². The topological polar surface area (TPSA) is 96.5 Å². The highest BCUT2D eigenvalue weighted by molar-refractivity contribution is 7.90. The van der Waals surface area contributed by atoms with Crippen LogP contribution in [-0.4, -0.2) is 39.9 Å². The van der Waals surface area contributed by atoms with Gasteiger partial charge in [0.1, 0.15) is 11.6 Å². The number of rotatable bonds is 9. The van der Waals surface area contributed by atoms with Crippen LogP contribution in [0.4, 0.5) is 4.39 Å². The fraction of sp³-hybridized carbons (Fsp3) is 0.296. The zero-order chi connectivity index (χ0) is 26.5. The number of ether oxygens (including phenoxy) is 1. The van der Waals surface area contributed by atoms with Gasteiger partial charge in [0.15, 0.2) is 5.37 Å². The van der Waals surface area contributed by atoms with Crippen molar-refractivity contribution < 1.29 is 22.3 Å². The molecule has 1 aliphatic rings. The summed E-state index contributed by atoms with van der Waals surface area (Å²) in [5.74, 6) is -0.758. The van der Waals surface area contributed by atoms with Gasteiger partial charge in [0.05, 0.1) is 12.7 Å². The monoisotopic (exact) mass is 545 g/mol. The first kappa shape index (κ1) is 27.1. The number of amides is 1. The maximum atomic E-state index is 14.0. The van der Waals surface area contributed by atoms with Crippen LogP contribution in [0.2, 0.25) is 5.02 Å². The number of nitrogens with one attached hydrogen (secondary N) is 3. The molecule has 196 valence electrons. The first-order valence-electron chi connectivity index (χ1n) is 11.9. The van der Waals surface area contributed by atoms with Crippen LogP contribution in [-0.2, 0) is 22.0 Å². The zero-order valence-electron chi connectivity index (χ0n) is 20.3. The number of hydrogen-bond donors (Lipinski definition) is 3. The molecule has 1 heterocycles. The van der Waals surface area contributed by atoms with Gasteiger partial charge < -0.3 is 15.4 Å². The highest BCUT2D eigenvalue weighted by Crippen LogP contribution is 2.39. The average Bonchev–Trinajstić information content (AvgIpc) is 2.92. The molecule has 3 aromatic carbocycles. The summed E-state index contributed by atoms with van der Waals surface area (Å²) in [6.07, 6.45) is 0.957. The molecule has 0 aromatic heterocycles. The van der Waals surface area contributed by atoms with E-state index in [-0.39, 0.29) is 17.9 Å². The average molecular weight is 546 g/mol. The largest absolute Gasteiger partial charge is 0.496 e. The van der Waals surface area contributed by atoms with Gasteiger partial charge >= 0.3 is 0 Å². The Labute approximate surface area is 221 Å². The van der Waals surface area contributed by atoms with E-state index in [2.05, 4.69) is 15.4 Å². The Hall–Kier alpha value is -2.98. The summed E-state index contributed by atoms with van der Waals surface area (Å²) < 4.78 is 49.2.